The summed E-state index contributed by atoms with van der Waals surface area (Å²) in [5.41, 5.74) is 2.10. The molecule has 2 heterocycles. The van der Waals surface area contributed by atoms with E-state index in [1.54, 1.807) is 30.3 Å². The molecule has 0 radical (unpaired) electrons. The number of sulfonamides is 2. The van der Waals surface area contributed by atoms with E-state index in [1.165, 1.54) is 21.6 Å². The number of nitrogens with one attached hydrogen (secondary N) is 3. The van der Waals surface area contributed by atoms with Gasteiger partial charge in [-0.15, -0.1) is 0 Å². The minimum Gasteiger partial charge on any atom is -0.360 e. The maximum absolute atomic E-state index is 13.5. The van der Waals surface area contributed by atoms with E-state index < -0.39 is 20.0 Å². The van der Waals surface area contributed by atoms with Crippen molar-refractivity contribution in [2.75, 3.05) is 36.8 Å². The van der Waals surface area contributed by atoms with Crippen molar-refractivity contribution in [1.29, 1.82) is 0 Å². The summed E-state index contributed by atoms with van der Waals surface area (Å²) in [5, 5.41) is 9.19. The van der Waals surface area contributed by atoms with Gasteiger partial charge < -0.3 is 16.0 Å². The highest BCUT2D eigenvalue weighted by molar-refractivity contribution is 7.89. The van der Waals surface area contributed by atoms with Gasteiger partial charge in [0.1, 0.15) is 0 Å². The topological polar surface area (TPSA) is 128 Å². The molecule has 13 heteroatoms. The molecule has 0 bridgehead atoms. The number of rotatable bonds is 10. The van der Waals surface area contributed by atoms with E-state index in [9.17, 15) is 21.6 Å². The molecule has 212 valence electrons. The highest BCUT2D eigenvalue weighted by atomic mass is 32.2. The maximum Gasteiger partial charge on any atom is 0.243 e. The third kappa shape index (κ3) is 6.77. The molecule has 0 aromatic heterocycles. The lowest BCUT2D eigenvalue weighted by atomic mass is 10.0. The molecule has 39 heavy (non-hydrogen) atoms. The quantitative estimate of drug-likeness (QED) is 0.359. The standard InChI is InChI=1S/C26H35N5O5S3/c1-18(2)27-26(37)29-23-11-9-21(25(17-23)39(35,36)31-14-5-15-31)7-6-20-8-10-22(28-19(3)32)16-24(20)38(33,34)30-12-4-13-30/h8-11,16-18H,4-7,12-15H2,1-3H3,(H,28,32)(H2,27,29,37). The van der Waals surface area contributed by atoms with Crippen molar-refractivity contribution in [3.63, 3.8) is 0 Å². The number of anilines is 2. The number of benzene rings is 2. The molecule has 3 N–H and O–H groups in total. The summed E-state index contributed by atoms with van der Waals surface area (Å²) in [6.45, 7) is 7.11. The molecule has 10 nitrogen and oxygen atoms in total. The Kier molecular flexibility index (Phi) is 8.96. The lowest BCUT2D eigenvalue weighted by Crippen LogP contribution is -2.42. The van der Waals surface area contributed by atoms with Crippen molar-refractivity contribution in [2.45, 2.75) is 62.3 Å². The van der Waals surface area contributed by atoms with E-state index in [-0.39, 0.29) is 21.7 Å². The van der Waals surface area contributed by atoms with Crippen LogP contribution in [0.3, 0.4) is 0 Å². The lowest BCUT2D eigenvalue weighted by Gasteiger charge is -2.31. The van der Waals surface area contributed by atoms with E-state index in [2.05, 4.69) is 16.0 Å². The molecule has 2 aromatic carbocycles. The number of carbonyl (C=O) groups is 1. The second-order valence-electron chi connectivity index (χ2n) is 10.1. The normalized spacial score (nSPS) is 16.3. The van der Waals surface area contributed by atoms with Crippen molar-refractivity contribution < 1.29 is 21.6 Å². The van der Waals surface area contributed by atoms with E-state index in [4.69, 9.17) is 12.2 Å². The maximum atomic E-state index is 13.5. The Morgan fingerprint density at radius 3 is 1.62 bits per heavy atom. The molecule has 2 aliphatic heterocycles. The molecule has 2 aromatic rings. The molecule has 2 fully saturated rings. The van der Waals surface area contributed by atoms with Gasteiger partial charge in [-0.3, -0.25) is 4.79 Å². The summed E-state index contributed by atoms with van der Waals surface area (Å²) in [7, 11) is -7.48. The van der Waals surface area contributed by atoms with E-state index in [1.807, 2.05) is 13.8 Å². The first kappa shape index (κ1) is 29.4. The molecule has 1 amide bonds. The Morgan fingerprint density at radius 2 is 1.26 bits per heavy atom. The number of nitrogens with zero attached hydrogens (tertiary/aromatic N) is 2. The second-order valence-corrected chi connectivity index (χ2v) is 14.3. The van der Waals surface area contributed by atoms with Crippen molar-refractivity contribution in [1.82, 2.24) is 13.9 Å². The van der Waals surface area contributed by atoms with Gasteiger partial charge in [0.25, 0.3) is 0 Å². The molecule has 0 atom stereocenters. The summed E-state index contributed by atoms with van der Waals surface area (Å²) in [5.74, 6) is -0.298. The van der Waals surface area contributed by atoms with Crippen LogP contribution >= 0.6 is 12.2 Å². The Labute approximate surface area is 236 Å². The van der Waals surface area contributed by atoms with Crippen LogP contribution in [0, 0.1) is 0 Å². The number of aryl methyl sites for hydroxylation is 2. The van der Waals surface area contributed by atoms with Crippen molar-refractivity contribution in [3.8, 4) is 0 Å². The highest BCUT2D eigenvalue weighted by Gasteiger charge is 2.33. The first-order valence-corrected chi connectivity index (χ1v) is 16.3. The van der Waals surface area contributed by atoms with Crippen LogP contribution in [0.25, 0.3) is 0 Å². The van der Waals surface area contributed by atoms with Gasteiger partial charge in [0.05, 0.1) is 9.79 Å². The number of hydrogen-bond acceptors (Lipinski definition) is 6. The predicted molar refractivity (Wildman–Crippen MR) is 156 cm³/mol. The first-order valence-electron chi connectivity index (χ1n) is 13.0. The van der Waals surface area contributed by atoms with Gasteiger partial charge in [-0.05, 0) is 87.1 Å². The van der Waals surface area contributed by atoms with E-state index in [0.29, 0.717) is 66.6 Å². The van der Waals surface area contributed by atoms with Crippen molar-refractivity contribution in [2.24, 2.45) is 0 Å². The molecular weight excluding hydrogens is 559 g/mol. The summed E-state index contributed by atoms with van der Waals surface area (Å²) in [6.07, 6.45) is 2.21. The van der Waals surface area contributed by atoms with Gasteiger partial charge in [0.15, 0.2) is 5.11 Å². The molecule has 2 aliphatic rings. The molecule has 0 unspecified atom stereocenters. The van der Waals surface area contributed by atoms with Gasteiger partial charge in [-0.2, -0.15) is 8.61 Å². The Bertz CT molecular complexity index is 1470. The molecule has 0 aliphatic carbocycles. The Balaban J connectivity index is 1.66. The third-order valence-electron chi connectivity index (χ3n) is 6.66. The van der Waals surface area contributed by atoms with Gasteiger partial charge in [0.2, 0.25) is 26.0 Å². The number of carbonyl (C=O) groups excluding carboxylic acids is 1. The molecule has 2 saturated heterocycles. The molecular formula is C26H35N5O5S3. The first-order chi connectivity index (χ1) is 18.4. The predicted octanol–water partition coefficient (Wildman–Crippen LogP) is 2.91. The zero-order valence-electron chi connectivity index (χ0n) is 22.4. The van der Waals surface area contributed by atoms with Crippen LogP contribution in [0.2, 0.25) is 0 Å². The zero-order chi connectivity index (χ0) is 28.4. The van der Waals surface area contributed by atoms with Gasteiger partial charge in [-0.25, -0.2) is 16.8 Å². The lowest BCUT2D eigenvalue weighted by molar-refractivity contribution is -0.114. The minimum absolute atomic E-state index is 0.118. The van der Waals surface area contributed by atoms with Crippen molar-refractivity contribution >= 4 is 54.7 Å². The van der Waals surface area contributed by atoms with Crippen LogP contribution in [0.5, 0.6) is 0 Å². The summed E-state index contributed by atoms with van der Waals surface area (Å²) < 4.78 is 56.5. The number of hydrogen-bond donors (Lipinski definition) is 3. The highest BCUT2D eigenvalue weighted by Crippen LogP contribution is 2.31. The van der Waals surface area contributed by atoms with Crippen LogP contribution in [0.1, 0.15) is 44.7 Å². The summed E-state index contributed by atoms with van der Waals surface area (Å²) >= 11 is 5.33. The van der Waals surface area contributed by atoms with Crippen LogP contribution in [-0.4, -0.2) is 68.7 Å². The minimum atomic E-state index is -3.75. The summed E-state index contributed by atoms with van der Waals surface area (Å²) in [4.78, 5) is 11.9. The zero-order valence-corrected chi connectivity index (χ0v) is 24.8. The SMILES string of the molecule is CC(=O)Nc1ccc(CCc2ccc(NC(=S)NC(C)C)cc2S(=O)(=O)N2CCC2)c(S(=O)(=O)N2CCC2)c1. The molecule has 0 saturated carbocycles. The van der Waals surface area contributed by atoms with Crippen LogP contribution in [0.15, 0.2) is 46.2 Å². The number of thiocarbonyl (C=S) groups is 1. The Hall–Kier alpha value is -2.58. The fraction of sp³-hybridized carbons (Fsp3) is 0.462. The largest absolute Gasteiger partial charge is 0.360 e. The van der Waals surface area contributed by atoms with Crippen LogP contribution in [-0.2, 0) is 37.7 Å². The van der Waals surface area contributed by atoms with E-state index >= 15 is 0 Å². The Morgan fingerprint density at radius 1 is 0.821 bits per heavy atom. The average Bonchev–Trinajstić information content (AvgIpc) is 2.74. The smallest absolute Gasteiger partial charge is 0.243 e. The number of amides is 1. The third-order valence-corrected chi connectivity index (χ3v) is 10.8. The second kappa shape index (κ2) is 11.9. The monoisotopic (exact) mass is 593 g/mol. The van der Waals surface area contributed by atoms with Gasteiger partial charge >= 0.3 is 0 Å². The van der Waals surface area contributed by atoms with Crippen molar-refractivity contribution in [3.05, 3.63) is 47.5 Å². The molecule has 4 rings (SSSR count). The fourth-order valence-corrected chi connectivity index (χ4v) is 8.34. The molecule has 0 spiro atoms. The fourth-order valence-electron chi connectivity index (χ4n) is 4.39. The van der Waals surface area contributed by atoms with Crippen LogP contribution in [0.4, 0.5) is 11.4 Å². The average molecular weight is 594 g/mol. The van der Waals surface area contributed by atoms with Gasteiger partial charge in [0, 0.05) is 50.5 Å². The van der Waals surface area contributed by atoms with E-state index in [0.717, 1.165) is 12.8 Å². The summed E-state index contributed by atoms with van der Waals surface area (Å²) in [6, 6.07) is 10.1. The van der Waals surface area contributed by atoms with Gasteiger partial charge in [-0.1, -0.05) is 12.1 Å². The van der Waals surface area contributed by atoms with Crippen LogP contribution < -0.4 is 16.0 Å².